The highest BCUT2D eigenvalue weighted by Crippen LogP contribution is 2.26. The molecule has 1 unspecified atom stereocenters. The molecule has 3 aromatic rings. The number of hydrogen-bond donors (Lipinski definition) is 2. The molecule has 0 radical (unpaired) electrons. The van der Waals surface area contributed by atoms with Gasteiger partial charge in [-0.3, -0.25) is 9.59 Å². The van der Waals surface area contributed by atoms with E-state index in [1.54, 1.807) is 0 Å². The van der Waals surface area contributed by atoms with Crippen LogP contribution in [0.2, 0.25) is 0 Å². The number of carbonyl (C=O) groups is 1. The molecular weight excluding hydrogens is 410 g/mol. The molecule has 3 heterocycles. The fraction of sp³-hybridized carbons (Fsp3) is 0.526. The summed E-state index contributed by atoms with van der Waals surface area (Å²) in [6.45, 7) is 11.9. The highest BCUT2D eigenvalue weighted by Gasteiger charge is 2.22. The number of aromatic amines is 1. The molecule has 0 bridgehead atoms. The van der Waals surface area contributed by atoms with E-state index in [-0.39, 0.29) is 28.7 Å². The van der Waals surface area contributed by atoms with E-state index in [1.807, 2.05) is 41.5 Å². The van der Waals surface area contributed by atoms with Crippen LogP contribution in [0.25, 0.3) is 10.2 Å². The maximum atomic E-state index is 12.4. The second kappa shape index (κ2) is 8.27. The van der Waals surface area contributed by atoms with E-state index in [4.69, 9.17) is 4.52 Å². The molecule has 0 saturated heterocycles. The molecule has 8 nitrogen and oxygen atoms in total. The minimum atomic E-state index is -0.322. The number of H-pyrrole nitrogens is 1. The first-order valence-electron chi connectivity index (χ1n) is 9.27. The topological polar surface area (TPSA) is 114 Å². The fourth-order valence-electron chi connectivity index (χ4n) is 2.59. The van der Waals surface area contributed by atoms with Gasteiger partial charge in [0.05, 0.1) is 22.9 Å². The third-order valence-electron chi connectivity index (χ3n) is 4.46. The van der Waals surface area contributed by atoms with Gasteiger partial charge in [-0.05, 0) is 26.3 Å². The Hall–Kier alpha value is -2.20. The Morgan fingerprint density at radius 3 is 2.69 bits per heavy atom. The first-order chi connectivity index (χ1) is 13.6. The third kappa shape index (κ3) is 4.87. The molecule has 1 atom stereocenters. The van der Waals surface area contributed by atoms with Crippen LogP contribution in [-0.2, 0) is 22.5 Å². The number of aromatic nitrogens is 4. The van der Waals surface area contributed by atoms with E-state index in [1.165, 1.54) is 23.1 Å². The zero-order chi connectivity index (χ0) is 21.3. The van der Waals surface area contributed by atoms with Gasteiger partial charge in [-0.15, -0.1) is 23.1 Å². The lowest BCUT2D eigenvalue weighted by atomic mass is 9.97. The average molecular weight is 436 g/mol. The summed E-state index contributed by atoms with van der Waals surface area (Å²) in [4.78, 5) is 38.2. The fourth-order valence-corrected chi connectivity index (χ4v) is 4.42. The Kier molecular flexibility index (Phi) is 6.13. The van der Waals surface area contributed by atoms with Crippen molar-refractivity contribution in [2.45, 2.75) is 64.5 Å². The smallest absolute Gasteiger partial charge is 0.259 e. The van der Waals surface area contributed by atoms with E-state index in [0.717, 1.165) is 15.3 Å². The molecule has 10 heteroatoms. The van der Waals surface area contributed by atoms with Gasteiger partial charge in [0.2, 0.25) is 11.8 Å². The van der Waals surface area contributed by atoms with Crippen molar-refractivity contribution in [2.24, 2.45) is 0 Å². The summed E-state index contributed by atoms with van der Waals surface area (Å²) in [6, 6.07) is 0. The van der Waals surface area contributed by atoms with Gasteiger partial charge in [-0.25, -0.2) is 4.98 Å². The number of rotatable bonds is 6. The van der Waals surface area contributed by atoms with E-state index in [9.17, 15) is 9.59 Å². The summed E-state index contributed by atoms with van der Waals surface area (Å²) in [7, 11) is 0. The van der Waals surface area contributed by atoms with Gasteiger partial charge in [0, 0.05) is 10.3 Å². The van der Waals surface area contributed by atoms with Crippen molar-refractivity contribution < 1.29 is 9.32 Å². The minimum Gasteiger partial charge on any atom is -0.348 e. The molecule has 0 fully saturated rings. The quantitative estimate of drug-likeness (QED) is 0.611. The van der Waals surface area contributed by atoms with Crippen LogP contribution < -0.4 is 10.9 Å². The Balaban J connectivity index is 1.57. The molecule has 156 valence electrons. The predicted octanol–water partition coefficient (Wildman–Crippen LogP) is 3.22. The van der Waals surface area contributed by atoms with Crippen LogP contribution in [0.3, 0.4) is 0 Å². The largest absolute Gasteiger partial charge is 0.348 e. The molecule has 0 aliphatic heterocycles. The summed E-state index contributed by atoms with van der Waals surface area (Å²) in [5.74, 6) is 1.85. The summed E-state index contributed by atoms with van der Waals surface area (Å²) in [5.41, 5.74) is 0.612. The van der Waals surface area contributed by atoms with Crippen LogP contribution in [-0.4, -0.2) is 31.3 Å². The second-order valence-corrected chi connectivity index (χ2v) is 10.4. The summed E-state index contributed by atoms with van der Waals surface area (Å²) < 4.78 is 5.22. The lowest BCUT2D eigenvalue weighted by Crippen LogP contribution is -2.31. The predicted molar refractivity (Wildman–Crippen MR) is 115 cm³/mol. The van der Waals surface area contributed by atoms with E-state index < -0.39 is 0 Å². The first-order valence-corrected chi connectivity index (χ1v) is 11.1. The van der Waals surface area contributed by atoms with E-state index >= 15 is 0 Å². The normalized spacial score (nSPS) is 13.0. The van der Waals surface area contributed by atoms with Crippen LogP contribution in [0.4, 0.5) is 0 Å². The molecule has 0 aromatic carbocycles. The van der Waals surface area contributed by atoms with Crippen LogP contribution in [0, 0.1) is 13.8 Å². The van der Waals surface area contributed by atoms with Gasteiger partial charge >= 0.3 is 0 Å². The highest BCUT2D eigenvalue weighted by atomic mass is 32.2. The standard InChI is InChI=1S/C19H25N5O3S2/c1-9-10(2)29-17-14(9)16(26)21-13(22-17)8-28-11(3)15(25)20-7-12-23-18(27-24-12)19(4,5)6/h11H,7-8H2,1-6H3,(H,20,25)(H,21,22,26). The molecule has 1 amide bonds. The van der Waals surface area contributed by atoms with Crippen LogP contribution in [0.15, 0.2) is 9.32 Å². The average Bonchev–Trinajstić information content (AvgIpc) is 3.23. The Morgan fingerprint density at radius 2 is 2.03 bits per heavy atom. The second-order valence-electron chi connectivity index (χ2n) is 7.91. The number of nitrogens with one attached hydrogen (secondary N) is 2. The number of amides is 1. The molecule has 3 aromatic heterocycles. The Labute approximate surface area is 176 Å². The zero-order valence-corrected chi connectivity index (χ0v) is 19.0. The third-order valence-corrected chi connectivity index (χ3v) is 6.71. The van der Waals surface area contributed by atoms with Crippen molar-refractivity contribution in [3.63, 3.8) is 0 Å². The number of thiophene rings is 1. The molecule has 29 heavy (non-hydrogen) atoms. The van der Waals surface area contributed by atoms with Gasteiger partial charge in [-0.2, -0.15) is 4.98 Å². The van der Waals surface area contributed by atoms with Gasteiger partial charge in [-0.1, -0.05) is 25.9 Å². The number of hydrogen-bond acceptors (Lipinski definition) is 8. The molecule has 0 aliphatic rings. The monoisotopic (exact) mass is 435 g/mol. The Morgan fingerprint density at radius 1 is 1.31 bits per heavy atom. The van der Waals surface area contributed by atoms with Crippen molar-refractivity contribution in [3.05, 3.63) is 38.3 Å². The first kappa shape index (κ1) is 21.5. The maximum absolute atomic E-state index is 12.4. The number of aryl methyl sites for hydroxylation is 2. The van der Waals surface area contributed by atoms with Crippen molar-refractivity contribution in [1.29, 1.82) is 0 Å². The molecular formula is C19H25N5O3S2. The molecule has 3 rings (SSSR count). The van der Waals surface area contributed by atoms with Gasteiger partial charge < -0.3 is 14.8 Å². The summed E-state index contributed by atoms with van der Waals surface area (Å²) in [6.07, 6.45) is 0. The van der Waals surface area contributed by atoms with Crippen molar-refractivity contribution in [2.75, 3.05) is 0 Å². The number of nitrogens with zero attached hydrogens (tertiary/aromatic N) is 3. The molecule has 0 spiro atoms. The lowest BCUT2D eigenvalue weighted by Gasteiger charge is -2.11. The number of thioether (sulfide) groups is 1. The molecule has 0 aliphatic carbocycles. The van der Waals surface area contributed by atoms with Crippen LogP contribution in [0.1, 0.15) is 55.7 Å². The summed E-state index contributed by atoms with van der Waals surface area (Å²) >= 11 is 2.92. The number of fused-ring (bicyclic) bond motifs is 1. The number of carbonyl (C=O) groups excluding carboxylic acids is 1. The summed E-state index contributed by atoms with van der Waals surface area (Å²) in [5, 5.41) is 7.05. The molecule has 0 saturated carbocycles. The van der Waals surface area contributed by atoms with Crippen LogP contribution >= 0.6 is 23.1 Å². The zero-order valence-electron chi connectivity index (χ0n) is 17.4. The van der Waals surface area contributed by atoms with Crippen molar-refractivity contribution in [1.82, 2.24) is 25.4 Å². The highest BCUT2D eigenvalue weighted by molar-refractivity contribution is 7.99. The van der Waals surface area contributed by atoms with E-state index in [2.05, 4.69) is 25.4 Å². The van der Waals surface area contributed by atoms with Crippen molar-refractivity contribution >= 4 is 39.2 Å². The molecule has 2 N–H and O–H groups in total. The Bertz CT molecular complexity index is 1090. The van der Waals surface area contributed by atoms with Gasteiger partial charge in [0.15, 0.2) is 5.82 Å². The minimum absolute atomic E-state index is 0.128. The van der Waals surface area contributed by atoms with Gasteiger partial charge in [0.1, 0.15) is 10.7 Å². The lowest BCUT2D eigenvalue weighted by molar-refractivity contribution is -0.120. The SMILES string of the molecule is Cc1sc2nc(CSC(C)C(=O)NCc3noc(C(C)(C)C)n3)[nH]c(=O)c2c1C. The van der Waals surface area contributed by atoms with Crippen LogP contribution in [0.5, 0.6) is 0 Å². The maximum Gasteiger partial charge on any atom is 0.259 e. The van der Waals surface area contributed by atoms with Crippen molar-refractivity contribution in [3.8, 4) is 0 Å². The van der Waals surface area contributed by atoms with Gasteiger partial charge in [0.25, 0.3) is 5.56 Å². The van der Waals surface area contributed by atoms with E-state index in [0.29, 0.717) is 28.7 Å².